The van der Waals surface area contributed by atoms with Crippen molar-refractivity contribution in [3.05, 3.63) is 28.8 Å². The van der Waals surface area contributed by atoms with Gasteiger partial charge in [-0.1, -0.05) is 17.7 Å². The summed E-state index contributed by atoms with van der Waals surface area (Å²) in [5.41, 5.74) is 7.90. The summed E-state index contributed by atoms with van der Waals surface area (Å²) >= 11 is 6.10. The fourth-order valence-corrected chi connectivity index (χ4v) is 1.84. The van der Waals surface area contributed by atoms with Crippen LogP contribution in [0.15, 0.2) is 18.2 Å². The molecule has 15 heavy (non-hydrogen) atoms. The van der Waals surface area contributed by atoms with Gasteiger partial charge in [0.15, 0.2) is 0 Å². The van der Waals surface area contributed by atoms with Gasteiger partial charge >= 0.3 is 0 Å². The normalized spacial score (nSPS) is 10.4. The molecule has 0 unspecified atom stereocenters. The van der Waals surface area contributed by atoms with Crippen molar-refractivity contribution in [2.75, 3.05) is 24.5 Å². The summed E-state index contributed by atoms with van der Waals surface area (Å²) < 4.78 is 0. The maximum absolute atomic E-state index is 6.10. The van der Waals surface area contributed by atoms with Crippen molar-refractivity contribution >= 4 is 17.3 Å². The van der Waals surface area contributed by atoms with Crippen LogP contribution in [-0.2, 0) is 0 Å². The molecule has 0 bridgehead atoms. The van der Waals surface area contributed by atoms with E-state index >= 15 is 0 Å². The highest BCUT2D eigenvalue weighted by Gasteiger charge is 2.08. The minimum Gasteiger partial charge on any atom is -0.372 e. The Morgan fingerprint density at radius 1 is 1.40 bits per heavy atom. The fraction of sp³-hybridized carbons (Fsp3) is 0.500. The summed E-state index contributed by atoms with van der Waals surface area (Å²) in [6.45, 7) is 6.92. The average Bonchev–Trinajstić information content (AvgIpc) is 2.25. The molecule has 3 heteroatoms. The minimum atomic E-state index is 0.732. The Labute approximate surface area is 97.0 Å². The van der Waals surface area contributed by atoms with Gasteiger partial charge in [-0.25, -0.2) is 0 Å². The Morgan fingerprint density at radius 3 is 2.73 bits per heavy atom. The lowest BCUT2D eigenvalue weighted by Gasteiger charge is -2.25. The zero-order valence-electron chi connectivity index (χ0n) is 9.46. The van der Waals surface area contributed by atoms with Gasteiger partial charge < -0.3 is 10.6 Å². The number of nitrogens with zero attached hydrogens (tertiary/aromatic N) is 1. The van der Waals surface area contributed by atoms with E-state index in [1.807, 2.05) is 12.1 Å². The van der Waals surface area contributed by atoms with E-state index in [1.54, 1.807) is 0 Å². The Morgan fingerprint density at radius 2 is 2.13 bits per heavy atom. The summed E-state index contributed by atoms with van der Waals surface area (Å²) in [6, 6.07) is 6.04. The van der Waals surface area contributed by atoms with E-state index in [2.05, 4.69) is 24.8 Å². The second kappa shape index (κ2) is 5.99. The zero-order valence-corrected chi connectivity index (χ0v) is 10.2. The third-order valence-corrected chi connectivity index (χ3v) is 3.00. The van der Waals surface area contributed by atoms with Crippen molar-refractivity contribution in [1.29, 1.82) is 0 Å². The zero-order chi connectivity index (χ0) is 11.3. The highest BCUT2D eigenvalue weighted by molar-refractivity contribution is 6.31. The largest absolute Gasteiger partial charge is 0.372 e. The molecular formula is C12H19ClN2. The summed E-state index contributed by atoms with van der Waals surface area (Å²) in [4.78, 5) is 2.31. The highest BCUT2D eigenvalue weighted by atomic mass is 35.5. The van der Waals surface area contributed by atoms with Crippen molar-refractivity contribution in [3.8, 4) is 0 Å². The van der Waals surface area contributed by atoms with Crippen LogP contribution in [0.25, 0.3) is 0 Å². The number of hydrogen-bond donors (Lipinski definition) is 1. The molecule has 1 aromatic rings. The van der Waals surface area contributed by atoms with Crippen molar-refractivity contribution in [1.82, 2.24) is 0 Å². The van der Waals surface area contributed by atoms with Crippen LogP contribution in [0, 0.1) is 6.92 Å². The van der Waals surface area contributed by atoms with Crippen LogP contribution < -0.4 is 10.6 Å². The van der Waals surface area contributed by atoms with Gasteiger partial charge in [0.05, 0.1) is 0 Å². The van der Waals surface area contributed by atoms with E-state index in [1.165, 1.54) is 5.69 Å². The quantitative estimate of drug-likeness (QED) is 0.837. The van der Waals surface area contributed by atoms with Crippen LogP contribution in [0.4, 0.5) is 5.69 Å². The van der Waals surface area contributed by atoms with Gasteiger partial charge in [-0.2, -0.15) is 0 Å². The fourth-order valence-electron chi connectivity index (χ4n) is 1.67. The number of nitrogens with two attached hydrogens (primary N) is 1. The Bertz CT molecular complexity index is 312. The van der Waals surface area contributed by atoms with Crippen LogP contribution in [0.3, 0.4) is 0 Å². The molecule has 0 atom stereocenters. The van der Waals surface area contributed by atoms with Crippen molar-refractivity contribution < 1.29 is 0 Å². The lowest BCUT2D eigenvalue weighted by molar-refractivity contribution is 0.752. The maximum atomic E-state index is 6.10. The van der Waals surface area contributed by atoms with Gasteiger partial charge in [-0.05, 0) is 44.5 Å². The maximum Gasteiger partial charge on any atom is 0.0455 e. The highest BCUT2D eigenvalue weighted by Crippen LogP contribution is 2.26. The van der Waals surface area contributed by atoms with E-state index < -0.39 is 0 Å². The van der Waals surface area contributed by atoms with E-state index in [-0.39, 0.29) is 0 Å². The van der Waals surface area contributed by atoms with Crippen LogP contribution >= 0.6 is 11.6 Å². The molecule has 1 aromatic carbocycles. The number of anilines is 1. The van der Waals surface area contributed by atoms with Crippen molar-refractivity contribution in [2.24, 2.45) is 5.73 Å². The number of halogens is 1. The summed E-state index contributed by atoms with van der Waals surface area (Å²) in [7, 11) is 0. The van der Waals surface area contributed by atoms with Crippen LogP contribution in [0.2, 0.25) is 5.02 Å². The Hall–Kier alpha value is -0.730. The van der Waals surface area contributed by atoms with Crippen LogP contribution in [-0.4, -0.2) is 19.6 Å². The van der Waals surface area contributed by atoms with E-state index in [4.69, 9.17) is 17.3 Å². The van der Waals surface area contributed by atoms with Gasteiger partial charge in [0.1, 0.15) is 0 Å². The monoisotopic (exact) mass is 226 g/mol. The lowest BCUT2D eigenvalue weighted by atomic mass is 10.1. The molecule has 0 amide bonds. The molecule has 0 aromatic heterocycles. The molecular weight excluding hydrogens is 208 g/mol. The van der Waals surface area contributed by atoms with E-state index in [9.17, 15) is 0 Å². The Balaban J connectivity index is 2.86. The first-order chi connectivity index (χ1) is 7.20. The minimum absolute atomic E-state index is 0.732. The summed E-state index contributed by atoms with van der Waals surface area (Å²) in [5, 5.41) is 0.832. The first kappa shape index (κ1) is 12.3. The molecule has 0 aliphatic heterocycles. The smallest absolute Gasteiger partial charge is 0.0455 e. The first-order valence-electron chi connectivity index (χ1n) is 5.40. The molecule has 0 saturated heterocycles. The molecule has 0 fully saturated rings. The lowest BCUT2D eigenvalue weighted by Crippen LogP contribution is -2.26. The molecule has 0 heterocycles. The SMILES string of the molecule is CCN(CCCN)c1cccc(Cl)c1C. The third kappa shape index (κ3) is 3.11. The van der Waals surface area contributed by atoms with Crippen LogP contribution in [0.5, 0.6) is 0 Å². The van der Waals surface area contributed by atoms with Gasteiger partial charge in [-0.15, -0.1) is 0 Å². The van der Waals surface area contributed by atoms with Crippen LogP contribution in [0.1, 0.15) is 18.9 Å². The molecule has 1 rings (SSSR count). The molecule has 2 nitrogen and oxygen atoms in total. The molecule has 0 spiro atoms. The number of rotatable bonds is 5. The average molecular weight is 227 g/mol. The third-order valence-electron chi connectivity index (χ3n) is 2.59. The number of benzene rings is 1. The molecule has 0 aliphatic carbocycles. The van der Waals surface area contributed by atoms with Crippen molar-refractivity contribution in [3.63, 3.8) is 0 Å². The van der Waals surface area contributed by atoms with E-state index in [0.717, 1.165) is 36.6 Å². The molecule has 0 aliphatic rings. The predicted molar refractivity (Wildman–Crippen MR) is 67.7 cm³/mol. The standard InChI is InChI=1S/C12H19ClN2/c1-3-15(9-5-8-14)12-7-4-6-11(13)10(12)2/h4,6-7H,3,5,8-9,14H2,1-2H3. The van der Waals surface area contributed by atoms with Gasteiger partial charge in [-0.3, -0.25) is 0 Å². The van der Waals surface area contributed by atoms with Gasteiger partial charge in [0, 0.05) is 23.8 Å². The second-order valence-corrected chi connectivity index (χ2v) is 4.01. The topological polar surface area (TPSA) is 29.3 Å². The van der Waals surface area contributed by atoms with Gasteiger partial charge in [0.2, 0.25) is 0 Å². The molecule has 0 saturated carbocycles. The molecule has 2 N–H and O–H groups in total. The molecule has 84 valence electrons. The summed E-state index contributed by atoms with van der Waals surface area (Å²) in [5.74, 6) is 0. The first-order valence-corrected chi connectivity index (χ1v) is 5.78. The van der Waals surface area contributed by atoms with Gasteiger partial charge in [0.25, 0.3) is 0 Å². The van der Waals surface area contributed by atoms with E-state index in [0.29, 0.717) is 0 Å². The van der Waals surface area contributed by atoms with Crippen molar-refractivity contribution in [2.45, 2.75) is 20.3 Å². The molecule has 0 radical (unpaired) electrons. The Kier molecular flexibility index (Phi) is 4.92. The predicted octanol–water partition coefficient (Wildman–Crippen LogP) is 2.82. The number of hydrogen-bond acceptors (Lipinski definition) is 2. The summed E-state index contributed by atoms with van der Waals surface area (Å²) in [6.07, 6.45) is 1.01. The second-order valence-electron chi connectivity index (χ2n) is 3.61.